The van der Waals surface area contributed by atoms with E-state index in [0.717, 1.165) is 25.4 Å². The molecule has 3 atom stereocenters. The molecular formula is C14H24N2. The van der Waals surface area contributed by atoms with Crippen LogP contribution in [0, 0.1) is 18.3 Å². The summed E-state index contributed by atoms with van der Waals surface area (Å²) in [5, 5.41) is 3.67. The lowest BCUT2D eigenvalue weighted by molar-refractivity contribution is 0.104. The third-order valence-electron chi connectivity index (χ3n) is 3.99. The molecule has 0 spiro atoms. The minimum Gasteiger partial charge on any atom is -0.311 e. The first-order valence-electron chi connectivity index (χ1n) is 6.71. The molecule has 2 rings (SSSR count). The molecule has 1 heterocycles. The second kappa shape index (κ2) is 5.21. The summed E-state index contributed by atoms with van der Waals surface area (Å²) < 4.78 is 0. The van der Waals surface area contributed by atoms with Crippen LogP contribution >= 0.6 is 0 Å². The molecule has 1 saturated carbocycles. The first-order chi connectivity index (χ1) is 7.76. The maximum atomic E-state index is 5.68. The SMILES string of the molecule is C#CC(CCC)N1CC(C2CC2)NCC1C. The maximum absolute atomic E-state index is 5.68. The average Bonchev–Trinajstić information content (AvgIpc) is 3.11. The molecule has 0 aromatic rings. The van der Waals surface area contributed by atoms with E-state index in [2.05, 4.69) is 30.0 Å². The zero-order valence-corrected chi connectivity index (χ0v) is 10.6. The van der Waals surface area contributed by atoms with Crippen molar-refractivity contribution in [3.63, 3.8) is 0 Å². The molecule has 1 saturated heterocycles. The third-order valence-corrected chi connectivity index (χ3v) is 3.99. The molecule has 0 aromatic heterocycles. The van der Waals surface area contributed by atoms with Crippen molar-refractivity contribution in [3.8, 4) is 12.3 Å². The van der Waals surface area contributed by atoms with Crippen LogP contribution in [-0.4, -0.2) is 36.1 Å². The Morgan fingerprint density at radius 1 is 1.50 bits per heavy atom. The van der Waals surface area contributed by atoms with E-state index in [1.165, 1.54) is 19.3 Å². The van der Waals surface area contributed by atoms with Crippen LogP contribution in [0.2, 0.25) is 0 Å². The van der Waals surface area contributed by atoms with Crippen molar-refractivity contribution in [2.45, 2.75) is 57.7 Å². The molecule has 2 nitrogen and oxygen atoms in total. The molecule has 16 heavy (non-hydrogen) atoms. The summed E-state index contributed by atoms with van der Waals surface area (Å²) in [5.74, 6) is 3.91. The van der Waals surface area contributed by atoms with E-state index in [1.807, 2.05) is 0 Å². The van der Waals surface area contributed by atoms with Gasteiger partial charge in [-0.15, -0.1) is 6.42 Å². The lowest BCUT2D eigenvalue weighted by Crippen LogP contribution is -2.58. The Morgan fingerprint density at radius 2 is 2.25 bits per heavy atom. The third kappa shape index (κ3) is 2.59. The van der Waals surface area contributed by atoms with Gasteiger partial charge in [-0.25, -0.2) is 0 Å². The zero-order chi connectivity index (χ0) is 11.5. The Balaban J connectivity index is 1.96. The highest BCUT2D eigenvalue weighted by Crippen LogP contribution is 2.34. The van der Waals surface area contributed by atoms with Crippen molar-refractivity contribution in [1.29, 1.82) is 0 Å². The smallest absolute Gasteiger partial charge is 0.0715 e. The van der Waals surface area contributed by atoms with E-state index in [9.17, 15) is 0 Å². The Hall–Kier alpha value is -0.520. The van der Waals surface area contributed by atoms with E-state index in [4.69, 9.17) is 6.42 Å². The van der Waals surface area contributed by atoms with Gasteiger partial charge in [-0.1, -0.05) is 19.3 Å². The fraction of sp³-hybridized carbons (Fsp3) is 0.857. The van der Waals surface area contributed by atoms with Gasteiger partial charge in [-0.2, -0.15) is 0 Å². The number of nitrogens with zero attached hydrogens (tertiary/aromatic N) is 1. The van der Waals surface area contributed by atoms with Gasteiger partial charge >= 0.3 is 0 Å². The summed E-state index contributed by atoms with van der Waals surface area (Å²) in [6.45, 7) is 6.76. The van der Waals surface area contributed by atoms with Crippen LogP contribution in [0.4, 0.5) is 0 Å². The topological polar surface area (TPSA) is 15.3 Å². The summed E-state index contributed by atoms with van der Waals surface area (Å²) in [6.07, 6.45) is 10.8. The number of hydrogen-bond donors (Lipinski definition) is 1. The molecule has 2 aliphatic rings. The Labute approximate surface area is 99.8 Å². The molecule has 1 N–H and O–H groups in total. The van der Waals surface area contributed by atoms with Crippen LogP contribution in [0.3, 0.4) is 0 Å². The lowest BCUT2D eigenvalue weighted by atomic mass is 10.0. The van der Waals surface area contributed by atoms with Crippen molar-refractivity contribution in [1.82, 2.24) is 10.2 Å². The summed E-state index contributed by atoms with van der Waals surface area (Å²) in [6, 6.07) is 1.63. The largest absolute Gasteiger partial charge is 0.311 e. The van der Waals surface area contributed by atoms with E-state index in [0.29, 0.717) is 18.1 Å². The molecule has 0 amide bonds. The van der Waals surface area contributed by atoms with E-state index >= 15 is 0 Å². The normalized spacial score (nSPS) is 33.3. The van der Waals surface area contributed by atoms with Gasteiger partial charge in [-0.3, -0.25) is 4.90 Å². The second-order valence-corrected chi connectivity index (χ2v) is 5.37. The fourth-order valence-electron chi connectivity index (χ4n) is 2.78. The van der Waals surface area contributed by atoms with Gasteiger partial charge in [0.2, 0.25) is 0 Å². The highest BCUT2D eigenvalue weighted by molar-refractivity contribution is 5.04. The minimum absolute atomic E-state index is 0.350. The molecule has 3 unspecified atom stereocenters. The van der Waals surface area contributed by atoms with Crippen LogP contribution < -0.4 is 5.32 Å². The van der Waals surface area contributed by atoms with Gasteiger partial charge in [-0.05, 0) is 32.1 Å². The van der Waals surface area contributed by atoms with Crippen LogP contribution in [0.5, 0.6) is 0 Å². The highest BCUT2D eigenvalue weighted by Gasteiger charge is 2.37. The second-order valence-electron chi connectivity index (χ2n) is 5.37. The molecule has 90 valence electrons. The molecule has 1 aliphatic heterocycles. The predicted molar refractivity (Wildman–Crippen MR) is 68.2 cm³/mol. The van der Waals surface area contributed by atoms with Crippen LogP contribution in [0.15, 0.2) is 0 Å². The molecule has 0 aromatic carbocycles. The monoisotopic (exact) mass is 220 g/mol. The predicted octanol–water partition coefficient (Wildman–Crippen LogP) is 1.86. The molecule has 0 bridgehead atoms. The summed E-state index contributed by atoms with van der Waals surface area (Å²) in [4.78, 5) is 2.54. The molecule has 2 heteroatoms. The highest BCUT2D eigenvalue weighted by atomic mass is 15.3. The molecule has 0 radical (unpaired) electrons. The van der Waals surface area contributed by atoms with Gasteiger partial charge in [0, 0.05) is 25.2 Å². The van der Waals surface area contributed by atoms with Gasteiger partial charge in [0.1, 0.15) is 0 Å². The van der Waals surface area contributed by atoms with Crippen molar-refractivity contribution < 1.29 is 0 Å². The van der Waals surface area contributed by atoms with Gasteiger partial charge in [0.15, 0.2) is 0 Å². The average molecular weight is 220 g/mol. The quantitative estimate of drug-likeness (QED) is 0.728. The van der Waals surface area contributed by atoms with Gasteiger partial charge in [0.05, 0.1) is 6.04 Å². The summed E-state index contributed by atoms with van der Waals surface area (Å²) >= 11 is 0. The van der Waals surface area contributed by atoms with E-state index in [1.54, 1.807) is 0 Å². The Morgan fingerprint density at radius 3 is 2.81 bits per heavy atom. The van der Waals surface area contributed by atoms with Crippen LogP contribution in [0.1, 0.15) is 39.5 Å². The number of piperazine rings is 1. The van der Waals surface area contributed by atoms with Crippen LogP contribution in [-0.2, 0) is 0 Å². The molecular weight excluding hydrogens is 196 g/mol. The Bertz CT molecular complexity index is 264. The van der Waals surface area contributed by atoms with Crippen molar-refractivity contribution in [2.24, 2.45) is 5.92 Å². The van der Waals surface area contributed by atoms with Crippen molar-refractivity contribution in [2.75, 3.05) is 13.1 Å². The van der Waals surface area contributed by atoms with Crippen molar-refractivity contribution in [3.05, 3.63) is 0 Å². The Kier molecular flexibility index (Phi) is 3.89. The first-order valence-corrected chi connectivity index (χ1v) is 6.71. The number of terminal acetylenes is 1. The minimum atomic E-state index is 0.350. The standard InChI is InChI=1S/C14H24N2/c1-4-6-13(5-2)16-10-14(12-7-8-12)15-9-11(16)3/h2,11-15H,4,6-10H2,1,3H3. The number of rotatable bonds is 4. The number of hydrogen-bond acceptors (Lipinski definition) is 2. The fourth-order valence-corrected chi connectivity index (χ4v) is 2.78. The van der Waals surface area contributed by atoms with Gasteiger partial charge in [0.25, 0.3) is 0 Å². The first kappa shape index (κ1) is 12.0. The summed E-state index contributed by atoms with van der Waals surface area (Å²) in [5.41, 5.74) is 0. The van der Waals surface area contributed by atoms with Gasteiger partial charge < -0.3 is 5.32 Å². The lowest BCUT2D eigenvalue weighted by Gasteiger charge is -2.42. The molecule has 2 fully saturated rings. The number of nitrogens with one attached hydrogen (secondary N) is 1. The van der Waals surface area contributed by atoms with Crippen molar-refractivity contribution >= 4 is 0 Å². The van der Waals surface area contributed by atoms with E-state index in [-0.39, 0.29) is 0 Å². The van der Waals surface area contributed by atoms with E-state index < -0.39 is 0 Å². The maximum Gasteiger partial charge on any atom is 0.0715 e. The van der Waals surface area contributed by atoms with Crippen LogP contribution in [0.25, 0.3) is 0 Å². The summed E-state index contributed by atoms with van der Waals surface area (Å²) in [7, 11) is 0. The molecule has 1 aliphatic carbocycles. The zero-order valence-electron chi connectivity index (χ0n) is 10.6.